The minimum Gasteiger partial charge on any atom is -0.262 e. The van der Waals surface area contributed by atoms with Crippen LogP contribution in [0.4, 0.5) is 4.39 Å². The van der Waals surface area contributed by atoms with Gasteiger partial charge in [0.05, 0.1) is 6.20 Å². The van der Waals surface area contributed by atoms with Gasteiger partial charge in [-0.2, -0.15) is 0 Å². The highest BCUT2D eigenvalue weighted by Crippen LogP contribution is 2.13. The molecule has 2 heterocycles. The van der Waals surface area contributed by atoms with Crippen molar-refractivity contribution in [1.82, 2.24) is 9.97 Å². The predicted octanol–water partition coefficient (Wildman–Crippen LogP) is 4.59. The van der Waals surface area contributed by atoms with Crippen LogP contribution in [-0.2, 0) is 0 Å². The average molecular weight is 412 g/mol. The molecule has 0 spiro atoms. The van der Waals surface area contributed by atoms with Crippen LogP contribution >= 0.6 is 47.8 Å². The van der Waals surface area contributed by atoms with Crippen LogP contribution in [0.5, 0.6) is 0 Å². The van der Waals surface area contributed by atoms with E-state index in [2.05, 4.69) is 57.8 Å². The summed E-state index contributed by atoms with van der Waals surface area (Å²) in [5, 5.41) is 0. The predicted molar refractivity (Wildman–Crippen MR) is 71.5 cm³/mol. The van der Waals surface area contributed by atoms with E-state index in [1.807, 2.05) is 6.07 Å². The molecule has 0 amide bonds. The van der Waals surface area contributed by atoms with Gasteiger partial charge in [-0.1, -0.05) is 0 Å². The minimum atomic E-state index is -0.320. The third kappa shape index (κ3) is 5.67. The molecule has 0 fully saturated rings. The Balaban J connectivity index is 0.000000160. The van der Waals surface area contributed by atoms with E-state index in [4.69, 9.17) is 0 Å². The molecule has 0 aliphatic heterocycles. The zero-order valence-electron chi connectivity index (χ0n) is 7.87. The summed E-state index contributed by atoms with van der Waals surface area (Å²) in [5.74, 6) is -0.320. The lowest BCUT2D eigenvalue weighted by Gasteiger charge is -1.86. The van der Waals surface area contributed by atoms with Crippen LogP contribution in [0.2, 0.25) is 0 Å². The number of rotatable bonds is 0. The number of halogens is 4. The Morgan fingerprint density at radius 3 is 1.44 bits per heavy atom. The van der Waals surface area contributed by atoms with E-state index in [1.54, 1.807) is 12.4 Å². The number of aromatic nitrogens is 2. The first-order valence-electron chi connectivity index (χ1n) is 4.10. The van der Waals surface area contributed by atoms with Gasteiger partial charge in [-0.3, -0.25) is 9.97 Å². The summed E-state index contributed by atoms with van der Waals surface area (Å²) >= 11 is 9.60. The third-order valence-corrected chi connectivity index (χ3v) is 2.64. The maximum absolute atomic E-state index is 12.1. The van der Waals surface area contributed by atoms with Gasteiger partial charge in [0.15, 0.2) is 0 Å². The van der Waals surface area contributed by atoms with Gasteiger partial charge >= 0.3 is 0 Å². The SMILES string of the molecule is Brc1cncc(Br)c1.[18F]c1cncc(Br)c1. The Morgan fingerprint density at radius 1 is 0.750 bits per heavy atom. The van der Waals surface area contributed by atoms with Crippen LogP contribution in [0.25, 0.3) is 0 Å². The van der Waals surface area contributed by atoms with Crippen LogP contribution in [0.15, 0.2) is 50.3 Å². The first kappa shape index (κ1) is 13.7. The third-order valence-electron chi connectivity index (χ3n) is 1.34. The molecule has 0 N–H and O–H groups in total. The Kier molecular flexibility index (Phi) is 6.08. The maximum Gasteiger partial charge on any atom is 0.142 e. The summed E-state index contributed by atoms with van der Waals surface area (Å²) < 4.78 is 14.7. The molecule has 0 saturated carbocycles. The second-order valence-electron chi connectivity index (χ2n) is 2.64. The van der Waals surface area contributed by atoms with Crippen molar-refractivity contribution in [3.8, 4) is 0 Å². The van der Waals surface area contributed by atoms with Crippen molar-refractivity contribution in [2.24, 2.45) is 0 Å². The summed E-state index contributed by atoms with van der Waals surface area (Å²) in [6.07, 6.45) is 6.17. The van der Waals surface area contributed by atoms with Crippen molar-refractivity contribution in [3.63, 3.8) is 0 Å². The molecule has 16 heavy (non-hydrogen) atoms. The van der Waals surface area contributed by atoms with E-state index in [0.29, 0.717) is 4.47 Å². The summed E-state index contributed by atoms with van der Waals surface area (Å²) in [7, 11) is 0. The van der Waals surface area contributed by atoms with Gasteiger partial charge < -0.3 is 0 Å². The molecule has 0 radical (unpaired) electrons. The van der Waals surface area contributed by atoms with Crippen molar-refractivity contribution in [2.75, 3.05) is 0 Å². The molecule has 2 rings (SSSR count). The van der Waals surface area contributed by atoms with Gasteiger partial charge in [0.2, 0.25) is 0 Å². The van der Waals surface area contributed by atoms with Crippen molar-refractivity contribution in [3.05, 3.63) is 56.2 Å². The van der Waals surface area contributed by atoms with Gasteiger partial charge in [0.25, 0.3) is 0 Å². The molecule has 0 aliphatic carbocycles. The van der Waals surface area contributed by atoms with E-state index in [9.17, 15) is 4.39 Å². The summed E-state index contributed by atoms with van der Waals surface area (Å²) in [5.41, 5.74) is 0. The lowest BCUT2D eigenvalue weighted by atomic mass is 10.5. The largest absolute Gasteiger partial charge is 0.262 e. The first-order chi connectivity index (χ1) is 7.58. The van der Waals surface area contributed by atoms with Gasteiger partial charge in [0.1, 0.15) is 5.82 Å². The van der Waals surface area contributed by atoms with Crippen LogP contribution in [-0.4, -0.2) is 9.97 Å². The smallest absolute Gasteiger partial charge is 0.142 e. The fraction of sp³-hybridized carbons (Fsp3) is 0. The van der Waals surface area contributed by atoms with Crippen LogP contribution in [0.3, 0.4) is 0 Å². The summed E-state index contributed by atoms with van der Waals surface area (Å²) in [6, 6.07) is 3.29. The Labute approximate surface area is 118 Å². The second-order valence-corrected chi connectivity index (χ2v) is 5.39. The van der Waals surface area contributed by atoms with Crippen molar-refractivity contribution >= 4 is 47.8 Å². The second kappa shape index (κ2) is 7.09. The number of hydrogen-bond acceptors (Lipinski definition) is 2. The Morgan fingerprint density at radius 2 is 1.19 bits per heavy atom. The molecular weight excluding hydrogens is 406 g/mol. The van der Waals surface area contributed by atoms with E-state index in [1.165, 1.54) is 12.3 Å². The van der Waals surface area contributed by atoms with Crippen molar-refractivity contribution in [1.29, 1.82) is 0 Å². The maximum atomic E-state index is 12.1. The fourth-order valence-electron chi connectivity index (χ4n) is 0.772. The standard InChI is InChI=1S/C5H3Br2N.C5H3BrFN/c2*6-4-1-5(7)3-8-2-4/h2*1-3H/i;7-1. The molecule has 2 aromatic heterocycles. The van der Waals surface area contributed by atoms with Crippen molar-refractivity contribution < 1.29 is 4.39 Å². The topological polar surface area (TPSA) is 25.8 Å². The molecule has 84 valence electrons. The summed E-state index contributed by atoms with van der Waals surface area (Å²) in [4.78, 5) is 7.45. The van der Waals surface area contributed by atoms with Crippen LogP contribution in [0, 0.1) is 5.82 Å². The molecule has 2 aromatic rings. The quantitative estimate of drug-likeness (QED) is 0.633. The molecule has 0 bridgehead atoms. The Hall–Kier alpha value is -0.330. The molecular formula is C10H6Br3FN2. The van der Waals surface area contributed by atoms with Crippen LogP contribution in [0.1, 0.15) is 0 Å². The molecule has 0 atom stereocenters. The number of nitrogens with zero attached hydrogens (tertiary/aromatic N) is 2. The first-order valence-corrected chi connectivity index (χ1v) is 6.48. The van der Waals surface area contributed by atoms with E-state index in [-0.39, 0.29) is 5.82 Å². The summed E-state index contributed by atoms with van der Waals surface area (Å²) in [6.45, 7) is 0. The average Bonchev–Trinajstić information content (AvgIpc) is 2.17. The Bertz CT molecular complexity index is 387. The zero-order chi connectivity index (χ0) is 12.0. The van der Waals surface area contributed by atoms with Crippen LogP contribution < -0.4 is 0 Å². The normalized spacial score (nSPS) is 9.25. The lowest BCUT2D eigenvalue weighted by Crippen LogP contribution is -1.74. The fourth-order valence-corrected chi connectivity index (χ4v) is 2.15. The molecule has 0 saturated heterocycles. The highest BCUT2D eigenvalue weighted by Gasteiger charge is 1.87. The molecule has 0 aliphatic rings. The number of hydrogen-bond donors (Lipinski definition) is 0. The molecule has 2 nitrogen and oxygen atoms in total. The van der Waals surface area contributed by atoms with Gasteiger partial charge in [0, 0.05) is 32.0 Å². The van der Waals surface area contributed by atoms with Gasteiger partial charge in [-0.15, -0.1) is 0 Å². The van der Waals surface area contributed by atoms with Crippen molar-refractivity contribution in [2.45, 2.75) is 0 Å². The van der Waals surface area contributed by atoms with E-state index < -0.39 is 0 Å². The van der Waals surface area contributed by atoms with Gasteiger partial charge in [-0.05, 0) is 59.9 Å². The minimum absolute atomic E-state index is 0.320. The highest BCUT2D eigenvalue weighted by molar-refractivity contribution is 9.11. The molecule has 0 aromatic carbocycles. The molecule has 6 heteroatoms. The number of pyridine rings is 2. The van der Waals surface area contributed by atoms with Gasteiger partial charge in [-0.25, -0.2) is 4.39 Å². The zero-order valence-corrected chi connectivity index (χ0v) is 12.6. The van der Waals surface area contributed by atoms with E-state index >= 15 is 0 Å². The lowest BCUT2D eigenvalue weighted by molar-refractivity contribution is 0.620. The van der Waals surface area contributed by atoms with E-state index in [0.717, 1.165) is 15.1 Å². The highest BCUT2D eigenvalue weighted by atomic mass is 79.9. The monoisotopic (exact) mass is 409 g/mol. The molecule has 0 unspecified atom stereocenters.